The van der Waals surface area contributed by atoms with Gasteiger partial charge >= 0.3 is 12.2 Å². The predicted octanol–water partition coefficient (Wildman–Crippen LogP) is 7.14. The molecule has 3 aliphatic rings. The number of benzene rings is 3. The highest BCUT2D eigenvalue weighted by molar-refractivity contribution is 7.99. The van der Waals surface area contributed by atoms with E-state index in [0.717, 1.165) is 29.9 Å². The van der Waals surface area contributed by atoms with Gasteiger partial charge in [-0.15, -0.1) is 11.8 Å². The number of hydrogen-bond donors (Lipinski definition) is 0. The Bertz CT molecular complexity index is 1260. The number of alkyl halides is 4. The van der Waals surface area contributed by atoms with Crippen molar-refractivity contribution < 1.29 is 31.8 Å². The minimum Gasteiger partial charge on any atom is -0.485 e. The number of ether oxygens (including phenoxy) is 3. The Balaban J connectivity index is 1.20. The van der Waals surface area contributed by atoms with Crippen LogP contribution in [0.5, 0.6) is 17.2 Å². The number of aryl methyl sites for hydroxylation is 1. The maximum atomic E-state index is 13.6. The molecule has 0 saturated carbocycles. The Labute approximate surface area is 198 Å². The highest BCUT2D eigenvalue weighted by Crippen LogP contribution is 2.48. The highest BCUT2D eigenvalue weighted by atomic mass is 32.2. The van der Waals surface area contributed by atoms with Gasteiger partial charge in [0.1, 0.15) is 11.9 Å². The standard InChI is InChI=1S/C26H20F4O3S/c27-25(28)26(29,30)33-23-13-17(7-10-22(23)32-25)21-9-6-16-11-15(5-8-20(16)31-21)19-12-18-3-1-2-4-24(18)34-14-19/h1-5,7-8,10-11,13,19,21H,6,9,12,14H2. The second-order valence-corrected chi connectivity index (χ2v) is 9.84. The average Bonchev–Trinajstić information content (AvgIpc) is 2.83. The normalized spacial score (nSPS) is 23.9. The van der Waals surface area contributed by atoms with E-state index in [4.69, 9.17) is 4.74 Å². The quantitative estimate of drug-likeness (QED) is 0.358. The van der Waals surface area contributed by atoms with Crippen LogP contribution in [0.15, 0.2) is 65.6 Å². The van der Waals surface area contributed by atoms with Crippen LogP contribution < -0.4 is 14.2 Å². The summed E-state index contributed by atoms with van der Waals surface area (Å²) in [5.41, 5.74) is 4.34. The molecule has 2 atom stereocenters. The van der Waals surface area contributed by atoms with Crippen LogP contribution in [0.3, 0.4) is 0 Å². The number of thioether (sulfide) groups is 1. The maximum absolute atomic E-state index is 13.6. The lowest BCUT2D eigenvalue weighted by Crippen LogP contribution is -2.52. The molecule has 0 aromatic heterocycles. The lowest BCUT2D eigenvalue weighted by molar-refractivity contribution is -0.391. The summed E-state index contributed by atoms with van der Waals surface area (Å²) < 4.78 is 68.6. The average molecular weight is 489 g/mol. The molecule has 3 aromatic carbocycles. The van der Waals surface area contributed by atoms with Crippen molar-refractivity contribution in [3.8, 4) is 17.2 Å². The number of halogens is 4. The van der Waals surface area contributed by atoms with Gasteiger partial charge < -0.3 is 14.2 Å². The Morgan fingerprint density at radius 3 is 2.35 bits per heavy atom. The van der Waals surface area contributed by atoms with Gasteiger partial charge in [0.2, 0.25) is 0 Å². The van der Waals surface area contributed by atoms with Crippen molar-refractivity contribution in [2.45, 2.75) is 48.4 Å². The summed E-state index contributed by atoms with van der Waals surface area (Å²) in [6, 6.07) is 18.8. The fourth-order valence-corrected chi connectivity index (χ4v) is 5.93. The van der Waals surface area contributed by atoms with Crippen LogP contribution in [0.2, 0.25) is 0 Å². The Hall–Kier alpha value is -2.87. The first-order chi connectivity index (χ1) is 16.3. The first kappa shape index (κ1) is 21.6. The van der Waals surface area contributed by atoms with Crippen LogP contribution >= 0.6 is 11.8 Å². The lowest BCUT2D eigenvalue weighted by Gasteiger charge is -2.33. The minimum atomic E-state index is -4.74. The smallest absolute Gasteiger partial charge is 0.485 e. The van der Waals surface area contributed by atoms with E-state index in [-0.39, 0.29) is 0 Å². The molecular formula is C26H20F4O3S. The van der Waals surface area contributed by atoms with Crippen molar-refractivity contribution in [1.82, 2.24) is 0 Å². The second-order valence-electron chi connectivity index (χ2n) is 8.78. The summed E-state index contributed by atoms with van der Waals surface area (Å²) in [6.45, 7) is 0. The van der Waals surface area contributed by atoms with Gasteiger partial charge in [-0.1, -0.05) is 36.4 Å². The molecule has 0 spiro atoms. The summed E-state index contributed by atoms with van der Waals surface area (Å²) in [5, 5.41) is 0. The van der Waals surface area contributed by atoms with Gasteiger partial charge in [-0.05, 0) is 71.7 Å². The first-order valence-electron chi connectivity index (χ1n) is 11.1. The van der Waals surface area contributed by atoms with Crippen molar-refractivity contribution in [3.63, 3.8) is 0 Å². The zero-order valence-electron chi connectivity index (χ0n) is 17.9. The fourth-order valence-electron chi connectivity index (χ4n) is 4.72. The third kappa shape index (κ3) is 3.68. The van der Waals surface area contributed by atoms with Gasteiger partial charge in [-0.25, -0.2) is 0 Å². The molecule has 3 aliphatic heterocycles. The van der Waals surface area contributed by atoms with Crippen molar-refractivity contribution >= 4 is 11.8 Å². The summed E-state index contributed by atoms with van der Waals surface area (Å²) in [7, 11) is 0. The lowest BCUT2D eigenvalue weighted by atomic mass is 9.89. The molecule has 2 unspecified atom stereocenters. The number of fused-ring (bicyclic) bond motifs is 3. The van der Waals surface area contributed by atoms with Crippen LogP contribution in [0.4, 0.5) is 17.6 Å². The van der Waals surface area contributed by atoms with E-state index in [1.807, 2.05) is 17.8 Å². The maximum Gasteiger partial charge on any atom is 0.507 e. The van der Waals surface area contributed by atoms with Crippen molar-refractivity contribution in [2.75, 3.05) is 5.75 Å². The topological polar surface area (TPSA) is 27.7 Å². The van der Waals surface area contributed by atoms with Gasteiger partial charge in [-0.2, -0.15) is 17.6 Å². The molecule has 3 aromatic rings. The van der Waals surface area contributed by atoms with Crippen molar-refractivity contribution in [2.24, 2.45) is 0 Å². The zero-order chi connectivity index (χ0) is 23.5. The molecule has 0 bridgehead atoms. The highest BCUT2D eigenvalue weighted by Gasteiger charge is 2.66. The van der Waals surface area contributed by atoms with Crippen LogP contribution in [0.1, 0.15) is 40.7 Å². The predicted molar refractivity (Wildman–Crippen MR) is 119 cm³/mol. The summed E-state index contributed by atoms with van der Waals surface area (Å²) in [5.74, 6) is 1.36. The molecule has 0 saturated heterocycles. The molecule has 3 nitrogen and oxygen atoms in total. The molecule has 0 fully saturated rings. The van der Waals surface area contributed by atoms with Crippen LogP contribution in [0, 0.1) is 0 Å². The van der Waals surface area contributed by atoms with E-state index in [2.05, 4.69) is 45.9 Å². The summed E-state index contributed by atoms with van der Waals surface area (Å²) in [4.78, 5) is 1.35. The van der Waals surface area contributed by atoms with E-state index in [9.17, 15) is 17.6 Å². The molecule has 0 radical (unpaired) electrons. The van der Waals surface area contributed by atoms with Gasteiger partial charge in [0.05, 0.1) is 0 Å². The third-order valence-electron chi connectivity index (χ3n) is 6.53. The summed E-state index contributed by atoms with van der Waals surface area (Å²) in [6.07, 6.45) is -7.48. The van der Waals surface area contributed by atoms with Crippen LogP contribution in [0.25, 0.3) is 0 Å². The SMILES string of the molecule is FC1(F)Oc2ccc(C3CCc4cc(C5CSc6ccccc6C5)ccc4O3)cc2OC1(F)F. The van der Waals surface area contributed by atoms with Crippen molar-refractivity contribution in [1.29, 1.82) is 0 Å². The number of rotatable bonds is 2. The molecule has 0 aliphatic carbocycles. The van der Waals surface area contributed by atoms with Gasteiger partial charge in [0.25, 0.3) is 0 Å². The van der Waals surface area contributed by atoms with Gasteiger partial charge in [0, 0.05) is 10.6 Å². The molecule has 0 N–H and O–H groups in total. The minimum absolute atomic E-state index is 0.402. The van der Waals surface area contributed by atoms with Gasteiger partial charge in [0.15, 0.2) is 11.5 Å². The molecular weight excluding hydrogens is 468 g/mol. The molecule has 176 valence electrons. The second kappa shape index (κ2) is 7.83. The number of hydrogen-bond acceptors (Lipinski definition) is 4. The first-order valence-corrected chi connectivity index (χ1v) is 12.1. The fraction of sp³-hybridized carbons (Fsp3) is 0.308. The summed E-state index contributed by atoms with van der Waals surface area (Å²) >= 11 is 1.88. The van der Waals surface area contributed by atoms with Gasteiger partial charge in [-0.3, -0.25) is 0 Å². The zero-order valence-corrected chi connectivity index (χ0v) is 18.7. The molecule has 0 amide bonds. The Kier molecular flexibility index (Phi) is 4.99. The van der Waals surface area contributed by atoms with Crippen LogP contribution in [-0.4, -0.2) is 18.0 Å². The van der Waals surface area contributed by atoms with E-state index in [0.29, 0.717) is 17.9 Å². The molecule has 3 heterocycles. The monoisotopic (exact) mass is 488 g/mol. The molecule has 34 heavy (non-hydrogen) atoms. The largest absolute Gasteiger partial charge is 0.507 e. The Morgan fingerprint density at radius 1 is 0.765 bits per heavy atom. The third-order valence-corrected chi connectivity index (χ3v) is 7.81. The van der Waals surface area contributed by atoms with Crippen molar-refractivity contribution in [3.05, 3.63) is 82.9 Å². The van der Waals surface area contributed by atoms with E-state index in [1.165, 1.54) is 28.2 Å². The molecule has 6 rings (SSSR count). The van der Waals surface area contributed by atoms with E-state index >= 15 is 0 Å². The van der Waals surface area contributed by atoms with E-state index < -0.39 is 29.8 Å². The Morgan fingerprint density at radius 2 is 1.50 bits per heavy atom. The van der Waals surface area contributed by atoms with Crippen LogP contribution in [-0.2, 0) is 12.8 Å². The molecule has 8 heteroatoms. The van der Waals surface area contributed by atoms with E-state index in [1.54, 1.807) is 6.07 Å².